The molecule has 0 aliphatic rings. The number of aliphatic hydroxyl groups excluding tert-OH is 3. The van der Waals surface area contributed by atoms with E-state index in [2.05, 4.69) is 60.0 Å². The molecule has 0 rings (SSSR count). The van der Waals surface area contributed by atoms with Gasteiger partial charge in [-0.3, -0.25) is 9.80 Å². The number of likely N-dealkylation sites (N-methyl/N-ethyl adjacent to an activating group) is 1. The van der Waals surface area contributed by atoms with Gasteiger partial charge >= 0.3 is 0 Å². The molecular formula is C57H121N5O3. The van der Waals surface area contributed by atoms with E-state index in [1.54, 1.807) is 0 Å². The highest BCUT2D eigenvalue weighted by Gasteiger charge is 2.17. The maximum Gasteiger partial charge on any atom is 0.0667 e. The van der Waals surface area contributed by atoms with Gasteiger partial charge in [-0.15, -0.1) is 0 Å². The van der Waals surface area contributed by atoms with Crippen LogP contribution in [-0.2, 0) is 0 Å². The lowest BCUT2D eigenvalue weighted by Gasteiger charge is -2.32. The van der Waals surface area contributed by atoms with Crippen LogP contribution >= 0.6 is 0 Å². The molecule has 3 atom stereocenters. The standard InChI is InChI=1S/C57H121N5O3/c1-6-11-15-19-22-25-26-28-31-34-38-45-61(52-56(64)40-36-32-29-24-21-17-13-8-3)49-50-62(53-57(65)41-37-33-30-27-23-20-16-12-7-2)48-47-60(10-5)46-44-58-42-43-59-51-55(54-63)39-35-18-14-9-4/h55-59,63-65H,6-54H2,1-5H3. The molecule has 8 heteroatoms. The van der Waals surface area contributed by atoms with Crippen LogP contribution in [0.3, 0.4) is 0 Å². The van der Waals surface area contributed by atoms with Crippen molar-refractivity contribution in [3.63, 3.8) is 0 Å². The normalized spacial score (nSPS) is 13.5. The van der Waals surface area contributed by atoms with Gasteiger partial charge in [-0.05, 0) is 44.7 Å². The van der Waals surface area contributed by atoms with Gasteiger partial charge in [0.05, 0.1) is 12.2 Å². The zero-order valence-electron chi connectivity index (χ0n) is 45.1. The third kappa shape index (κ3) is 47.2. The van der Waals surface area contributed by atoms with Crippen molar-refractivity contribution in [3.05, 3.63) is 0 Å². The maximum atomic E-state index is 11.4. The Balaban J connectivity index is 5.24. The molecule has 0 amide bonds. The van der Waals surface area contributed by atoms with Crippen molar-refractivity contribution in [2.75, 3.05) is 91.7 Å². The number of hydrogen-bond donors (Lipinski definition) is 5. The summed E-state index contributed by atoms with van der Waals surface area (Å²) >= 11 is 0. The largest absolute Gasteiger partial charge is 0.396 e. The number of nitrogens with zero attached hydrogens (tertiary/aromatic N) is 3. The second-order valence-electron chi connectivity index (χ2n) is 20.6. The molecule has 0 heterocycles. The Morgan fingerprint density at radius 2 is 0.677 bits per heavy atom. The highest BCUT2D eigenvalue weighted by Crippen LogP contribution is 2.16. The van der Waals surface area contributed by atoms with Gasteiger partial charge in [0, 0.05) is 78.6 Å². The van der Waals surface area contributed by atoms with E-state index in [1.807, 2.05) is 0 Å². The smallest absolute Gasteiger partial charge is 0.0667 e. The summed E-state index contributed by atoms with van der Waals surface area (Å²) in [5.41, 5.74) is 0. The van der Waals surface area contributed by atoms with Crippen LogP contribution in [-0.4, -0.2) is 134 Å². The van der Waals surface area contributed by atoms with E-state index in [1.165, 1.54) is 193 Å². The van der Waals surface area contributed by atoms with Gasteiger partial charge in [0.2, 0.25) is 0 Å². The molecule has 0 aromatic carbocycles. The molecule has 65 heavy (non-hydrogen) atoms. The molecule has 0 saturated heterocycles. The molecule has 0 aliphatic carbocycles. The Morgan fingerprint density at radius 3 is 1.09 bits per heavy atom. The van der Waals surface area contributed by atoms with E-state index in [-0.39, 0.29) is 18.8 Å². The van der Waals surface area contributed by atoms with Crippen LogP contribution < -0.4 is 10.6 Å². The van der Waals surface area contributed by atoms with Crippen molar-refractivity contribution >= 4 is 0 Å². The van der Waals surface area contributed by atoms with E-state index >= 15 is 0 Å². The molecule has 0 aromatic heterocycles. The van der Waals surface area contributed by atoms with Gasteiger partial charge in [0.15, 0.2) is 0 Å². The summed E-state index contributed by atoms with van der Waals surface area (Å²) < 4.78 is 0. The van der Waals surface area contributed by atoms with Gasteiger partial charge in [0.1, 0.15) is 0 Å². The molecule has 5 N–H and O–H groups in total. The van der Waals surface area contributed by atoms with Crippen molar-refractivity contribution in [3.8, 4) is 0 Å². The van der Waals surface area contributed by atoms with Crippen molar-refractivity contribution < 1.29 is 15.3 Å². The third-order valence-electron chi connectivity index (χ3n) is 14.2. The van der Waals surface area contributed by atoms with Crippen LogP contribution in [0.2, 0.25) is 0 Å². The SMILES string of the molecule is CCCCCCCCCCCCCN(CCN(CCN(CC)CCNCCNCC(CO)CCCCCC)CC(O)CCCCCCCCCCC)CC(O)CCCCCCCCCC. The molecular weight excluding hydrogens is 803 g/mol. The Bertz CT molecular complexity index is 886. The first-order valence-corrected chi connectivity index (χ1v) is 29.5. The van der Waals surface area contributed by atoms with Crippen molar-refractivity contribution in [1.82, 2.24) is 25.3 Å². The Kier molecular flexibility index (Phi) is 52.8. The Labute approximate surface area is 408 Å². The van der Waals surface area contributed by atoms with Gasteiger partial charge in [-0.25, -0.2) is 0 Å². The first-order valence-electron chi connectivity index (χ1n) is 29.5. The second kappa shape index (κ2) is 53.0. The maximum absolute atomic E-state index is 11.4. The molecule has 0 fully saturated rings. The van der Waals surface area contributed by atoms with Crippen molar-refractivity contribution in [1.29, 1.82) is 0 Å². The summed E-state index contributed by atoms with van der Waals surface area (Å²) in [6.07, 6.45) is 44.7. The Hall–Kier alpha value is -0.320. The van der Waals surface area contributed by atoms with E-state index in [4.69, 9.17) is 0 Å². The number of hydrogen-bond acceptors (Lipinski definition) is 8. The molecule has 0 saturated carbocycles. The molecule has 0 aliphatic heterocycles. The van der Waals surface area contributed by atoms with Gasteiger partial charge in [-0.1, -0.05) is 234 Å². The van der Waals surface area contributed by atoms with E-state index < -0.39 is 0 Å². The van der Waals surface area contributed by atoms with Crippen LogP contribution in [0.4, 0.5) is 0 Å². The predicted molar refractivity (Wildman–Crippen MR) is 288 cm³/mol. The van der Waals surface area contributed by atoms with Crippen molar-refractivity contribution in [2.24, 2.45) is 5.92 Å². The average Bonchev–Trinajstić information content (AvgIpc) is 3.31. The van der Waals surface area contributed by atoms with Gasteiger partial charge in [-0.2, -0.15) is 0 Å². The summed E-state index contributed by atoms with van der Waals surface area (Å²) in [4.78, 5) is 7.69. The fourth-order valence-electron chi connectivity index (χ4n) is 9.53. The number of aliphatic hydroxyl groups is 3. The summed E-state index contributed by atoms with van der Waals surface area (Å²) in [6, 6.07) is 0. The van der Waals surface area contributed by atoms with E-state index in [0.717, 1.165) is 117 Å². The minimum absolute atomic E-state index is 0.251. The minimum atomic E-state index is -0.279. The monoisotopic (exact) mass is 924 g/mol. The number of nitrogens with one attached hydrogen (secondary N) is 2. The van der Waals surface area contributed by atoms with Crippen LogP contribution in [0.25, 0.3) is 0 Å². The van der Waals surface area contributed by atoms with Gasteiger partial charge < -0.3 is 30.9 Å². The highest BCUT2D eigenvalue weighted by atomic mass is 16.3. The van der Waals surface area contributed by atoms with E-state index in [0.29, 0.717) is 5.92 Å². The lowest BCUT2D eigenvalue weighted by Crippen LogP contribution is -2.45. The molecule has 8 nitrogen and oxygen atoms in total. The summed E-state index contributed by atoms with van der Waals surface area (Å²) in [6.45, 7) is 24.0. The number of unbranched alkanes of at least 4 members (excludes halogenated alkanes) is 28. The molecule has 0 spiro atoms. The Morgan fingerprint density at radius 1 is 0.338 bits per heavy atom. The molecule has 3 unspecified atom stereocenters. The quantitative estimate of drug-likeness (QED) is 0.0385. The molecule has 0 radical (unpaired) electrons. The first-order chi connectivity index (χ1) is 31.9. The molecule has 0 bridgehead atoms. The minimum Gasteiger partial charge on any atom is -0.396 e. The summed E-state index contributed by atoms with van der Waals surface area (Å²) in [5.74, 6) is 0.371. The zero-order chi connectivity index (χ0) is 47.5. The average molecular weight is 925 g/mol. The van der Waals surface area contributed by atoms with Gasteiger partial charge in [0.25, 0.3) is 0 Å². The van der Waals surface area contributed by atoms with Crippen LogP contribution in [0.15, 0.2) is 0 Å². The predicted octanol–water partition coefficient (Wildman–Crippen LogP) is 13.2. The third-order valence-corrected chi connectivity index (χ3v) is 14.2. The summed E-state index contributed by atoms with van der Waals surface area (Å²) in [7, 11) is 0. The van der Waals surface area contributed by atoms with E-state index in [9.17, 15) is 15.3 Å². The van der Waals surface area contributed by atoms with Crippen LogP contribution in [0.1, 0.15) is 259 Å². The summed E-state index contributed by atoms with van der Waals surface area (Å²) in [5, 5.41) is 39.7. The molecule has 0 aromatic rings. The highest BCUT2D eigenvalue weighted by molar-refractivity contribution is 4.73. The second-order valence-corrected chi connectivity index (χ2v) is 20.6. The fourth-order valence-corrected chi connectivity index (χ4v) is 9.53. The lowest BCUT2D eigenvalue weighted by atomic mass is 10.0. The first kappa shape index (κ1) is 64.7. The zero-order valence-corrected chi connectivity index (χ0v) is 45.1. The molecule has 392 valence electrons. The topological polar surface area (TPSA) is 94.5 Å². The number of rotatable bonds is 56. The lowest BCUT2D eigenvalue weighted by molar-refractivity contribution is 0.0724. The van der Waals surface area contributed by atoms with Crippen LogP contribution in [0, 0.1) is 5.92 Å². The fraction of sp³-hybridized carbons (Fsp3) is 1.00. The van der Waals surface area contributed by atoms with Crippen LogP contribution in [0.5, 0.6) is 0 Å². The van der Waals surface area contributed by atoms with Crippen molar-refractivity contribution in [2.45, 2.75) is 272 Å².